The average molecular weight is 218 g/mol. The molecule has 14 heavy (non-hydrogen) atoms. The van der Waals surface area contributed by atoms with Crippen molar-refractivity contribution in [3.8, 4) is 0 Å². The van der Waals surface area contributed by atoms with Gasteiger partial charge in [-0.2, -0.15) is 0 Å². The Morgan fingerprint density at radius 1 is 1.07 bits per heavy atom. The van der Waals surface area contributed by atoms with Gasteiger partial charge in [0.2, 0.25) is 0 Å². The van der Waals surface area contributed by atoms with Crippen molar-refractivity contribution < 1.29 is 0 Å². The maximum absolute atomic E-state index is 3.57. The van der Waals surface area contributed by atoms with Gasteiger partial charge in [0.05, 0.1) is 0 Å². The highest BCUT2D eigenvalue weighted by Gasteiger charge is 2.30. The summed E-state index contributed by atoms with van der Waals surface area (Å²) in [6, 6.07) is 0. The molecule has 0 spiro atoms. The molecule has 0 aromatic heterocycles. The minimum absolute atomic E-state index is 0.673. The Hall–Kier alpha value is 0.0569. The molecule has 0 aliphatic heterocycles. The summed E-state index contributed by atoms with van der Waals surface area (Å²) in [5.74, 6) is 0.673. The first-order valence-corrected chi connectivity index (χ1v) is 7.48. The van der Waals surface area contributed by atoms with Crippen LogP contribution in [0.1, 0.15) is 27.2 Å². The van der Waals surface area contributed by atoms with Crippen LogP contribution < -0.4 is 19.9 Å². The topological polar surface area (TPSA) is 48.1 Å². The molecule has 0 radical (unpaired) electrons. The fourth-order valence-electron chi connectivity index (χ4n) is 1.21. The zero-order valence-corrected chi connectivity index (χ0v) is 11.2. The predicted molar refractivity (Wildman–Crippen MR) is 65.0 cm³/mol. The molecule has 0 heterocycles. The van der Waals surface area contributed by atoms with E-state index < -0.39 is 8.72 Å². The minimum atomic E-state index is -1.83. The molecule has 0 unspecified atom stereocenters. The van der Waals surface area contributed by atoms with Crippen molar-refractivity contribution in [1.29, 1.82) is 0 Å². The van der Waals surface area contributed by atoms with Gasteiger partial charge in [0, 0.05) is 0 Å². The van der Waals surface area contributed by atoms with E-state index in [2.05, 4.69) is 40.7 Å². The quantitative estimate of drug-likeness (QED) is 0.437. The summed E-state index contributed by atoms with van der Waals surface area (Å²) < 4.78 is 0. The van der Waals surface area contributed by atoms with Gasteiger partial charge in [0.25, 0.3) is 0 Å². The van der Waals surface area contributed by atoms with Crippen LogP contribution >= 0.6 is 0 Å². The standard InChI is InChI=1S/C9H26N4Si/c1-6-7-12-14(10-4,11-5)13-8-9(2)3/h9-13H,6-8H2,1-5H3. The van der Waals surface area contributed by atoms with Crippen LogP contribution in [0.25, 0.3) is 0 Å². The van der Waals surface area contributed by atoms with Crippen molar-refractivity contribution in [2.75, 3.05) is 27.2 Å². The van der Waals surface area contributed by atoms with E-state index in [1.807, 2.05) is 14.1 Å². The van der Waals surface area contributed by atoms with Gasteiger partial charge in [0.1, 0.15) is 0 Å². The molecular formula is C9H26N4Si. The lowest BCUT2D eigenvalue weighted by atomic mass is 10.2. The van der Waals surface area contributed by atoms with Crippen LogP contribution in [0, 0.1) is 5.92 Å². The summed E-state index contributed by atoms with van der Waals surface area (Å²) in [7, 11) is 2.17. The first-order chi connectivity index (χ1) is 6.60. The van der Waals surface area contributed by atoms with Crippen molar-refractivity contribution in [3.05, 3.63) is 0 Å². The molecule has 0 saturated carbocycles. The summed E-state index contributed by atoms with van der Waals surface area (Å²) >= 11 is 0. The Kier molecular flexibility index (Phi) is 7.39. The van der Waals surface area contributed by atoms with Crippen molar-refractivity contribution in [1.82, 2.24) is 19.9 Å². The molecule has 4 N–H and O–H groups in total. The summed E-state index contributed by atoms with van der Waals surface area (Å²) in [6.45, 7) is 8.69. The van der Waals surface area contributed by atoms with Crippen molar-refractivity contribution in [3.63, 3.8) is 0 Å². The van der Waals surface area contributed by atoms with Gasteiger partial charge in [-0.3, -0.25) is 0 Å². The third kappa shape index (κ3) is 5.07. The van der Waals surface area contributed by atoms with E-state index in [0.29, 0.717) is 5.92 Å². The van der Waals surface area contributed by atoms with Crippen LogP contribution in [0.5, 0.6) is 0 Å². The maximum Gasteiger partial charge on any atom is 0.365 e. The molecule has 0 aliphatic carbocycles. The predicted octanol–water partition coefficient (Wildman–Crippen LogP) is 0.106. The SMILES string of the molecule is CCCN[Si](NC)(NC)NCC(C)C. The van der Waals surface area contributed by atoms with E-state index in [0.717, 1.165) is 19.5 Å². The molecule has 86 valence electrons. The van der Waals surface area contributed by atoms with E-state index in [1.165, 1.54) is 0 Å². The van der Waals surface area contributed by atoms with Crippen LogP contribution in [0.15, 0.2) is 0 Å². The van der Waals surface area contributed by atoms with Crippen LogP contribution in [-0.2, 0) is 0 Å². The van der Waals surface area contributed by atoms with Gasteiger partial charge in [-0.05, 0) is 39.5 Å². The van der Waals surface area contributed by atoms with Crippen LogP contribution in [0.2, 0.25) is 0 Å². The zero-order chi connectivity index (χ0) is 11.0. The molecule has 0 fully saturated rings. The van der Waals surface area contributed by atoms with E-state index >= 15 is 0 Å². The highest BCUT2D eigenvalue weighted by Crippen LogP contribution is 1.90. The van der Waals surface area contributed by atoms with Gasteiger partial charge >= 0.3 is 8.72 Å². The fraction of sp³-hybridized carbons (Fsp3) is 1.00. The normalized spacial score (nSPS) is 12.4. The first-order valence-electron chi connectivity index (χ1n) is 5.48. The van der Waals surface area contributed by atoms with E-state index in [4.69, 9.17) is 0 Å². The van der Waals surface area contributed by atoms with Crippen LogP contribution in [-0.4, -0.2) is 35.9 Å². The molecule has 0 rings (SSSR count). The average Bonchev–Trinajstić information content (AvgIpc) is 2.19. The Labute approximate surface area is 89.6 Å². The van der Waals surface area contributed by atoms with Crippen molar-refractivity contribution in [2.45, 2.75) is 27.2 Å². The monoisotopic (exact) mass is 218 g/mol. The zero-order valence-electron chi connectivity index (χ0n) is 10.2. The Balaban J connectivity index is 4.07. The Bertz CT molecular complexity index is 137. The second kappa shape index (κ2) is 7.36. The van der Waals surface area contributed by atoms with Crippen molar-refractivity contribution in [2.24, 2.45) is 5.92 Å². The molecule has 4 nitrogen and oxygen atoms in total. The Morgan fingerprint density at radius 3 is 2.00 bits per heavy atom. The van der Waals surface area contributed by atoms with Gasteiger partial charge in [-0.25, -0.2) is 0 Å². The minimum Gasteiger partial charge on any atom is -0.303 e. The highest BCUT2D eigenvalue weighted by atomic mass is 28.4. The number of rotatable bonds is 8. The Morgan fingerprint density at radius 2 is 1.64 bits per heavy atom. The molecule has 0 aromatic carbocycles. The molecule has 0 aromatic rings. The number of nitrogens with one attached hydrogen (secondary N) is 4. The lowest BCUT2D eigenvalue weighted by molar-refractivity contribution is 0.597. The molecule has 5 heteroatoms. The smallest absolute Gasteiger partial charge is 0.303 e. The maximum atomic E-state index is 3.57. The summed E-state index contributed by atoms with van der Waals surface area (Å²) in [5.41, 5.74) is 0. The molecular weight excluding hydrogens is 192 g/mol. The lowest BCUT2D eigenvalue weighted by Gasteiger charge is -2.31. The number of hydrogen-bond acceptors (Lipinski definition) is 4. The summed E-state index contributed by atoms with van der Waals surface area (Å²) in [6.07, 6.45) is 1.15. The lowest BCUT2D eigenvalue weighted by Crippen LogP contribution is -2.79. The summed E-state index contributed by atoms with van der Waals surface area (Å²) in [5, 5.41) is 0. The largest absolute Gasteiger partial charge is 0.365 e. The third-order valence-corrected chi connectivity index (χ3v) is 5.18. The first kappa shape index (κ1) is 14.1. The van der Waals surface area contributed by atoms with Crippen molar-refractivity contribution >= 4 is 8.72 Å². The van der Waals surface area contributed by atoms with E-state index in [-0.39, 0.29) is 0 Å². The molecule has 0 aliphatic rings. The van der Waals surface area contributed by atoms with Crippen LogP contribution in [0.3, 0.4) is 0 Å². The molecule has 0 amide bonds. The highest BCUT2D eigenvalue weighted by molar-refractivity contribution is 6.69. The van der Waals surface area contributed by atoms with Gasteiger partial charge < -0.3 is 19.9 Å². The van der Waals surface area contributed by atoms with Gasteiger partial charge in [0.15, 0.2) is 0 Å². The van der Waals surface area contributed by atoms with Gasteiger partial charge in [-0.1, -0.05) is 20.8 Å². The second-order valence-electron chi connectivity index (χ2n) is 3.95. The van der Waals surface area contributed by atoms with E-state index in [9.17, 15) is 0 Å². The van der Waals surface area contributed by atoms with E-state index in [1.54, 1.807) is 0 Å². The van der Waals surface area contributed by atoms with Crippen LogP contribution in [0.4, 0.5) is 0 Å². The molecule has 0 saturated heterocycles. The second-order valence-corrected chi connectivity index (χ2v) is 7.16. The molecule has 0 bridgehead atoms. The fourth-order valence-corrected chi connectivity index (χ4v) is 3.63. The molecule has 0 atom stereocenters. The third-order valence-electron chi connectivity index (χ3n) is 2.17. The van der Waals surface area contributed by atoms with Gasteiger partial charge in [-0.15, -0.1) is 0 Å². The summed E-state index contributed by atoms with van der Waals surface area (Å²) in [4.78, 5) is 13.8. The number of hydrogen-bond donors (Lipinski definition) is 4.